The molecule has 0 atom stereocenters. The zero-order valence-electron chi connectivity index (χ0n) is 11.7. The standard InChI is InChI=1S/C14H19BrN3S.ClH/c1-18(2,13-5-3-4-7-17-13)9-8-16-11-12-6-10-19-14(12)15;/h3-7,10,16H,8-9,11H2,1-2H3;1H/q+1;. The molecule has 0 saturated heterocycles. The van der Waals surface area contributed by atoms with E-state index in [0.717, 1.165) is 29.9 Å². The lowest BCUT2D eigenvalue weighted by molar-refractivity contribution is 0.381. The Morgan fingerprint density at radius 3 is 2.70 bits per heavy atom. The summed E-state index contributed by atoms with van der Waals surface area (Å²) in [7, 11) is 4.37. The van der Waals surface area contributed by atoms with Crippen LogP contribution in [0.4, 0.5) is 5.82 Å². The summed E-state index contributed by atoms with van der Waals surface area (Å²) in [4.78, 5) is 4.43. The molecule has 2 rings (SSSR count). The number of nitrogens with zero attached hydrogens (tertiary/aromatic N) is 2. The van der Waals surface area contributed by atoms with Gasteiger partial charge >= 0.3 is 0 Å². The lowest BCUT2D eigenvalue weighted by Crippen LogP contribution is -2.45. The SMILES string of the molecule is C[N+](C)(CCNCc1ccsc1Br)c1ccccn1.Cl. The molecule has 0 aromatic carbocycles. The second-order valence-electron chi connectivity index (χ2n) is 4.99. The highest BCUT2D eigenvalue weighted by Gasteiger charge is 2.19. The van der Waals surface area contributed by atoms with Gasteiger partial charge in [-0.05, 0) is 39.0 Å². The fourth-order valence-electron chi connectivity index (χ4n) is 1.85. The maximum absolute atomic E-state index is 4.43. The number of thiophene rings is 1. The van der Waals surface area contributed by atoms with Crippen LogP contribution < -0.4 is 9.80 Å². The van der Waals surface area contributed by atoms with Crippen LogP contribution in [-0.4, -0.2) is 32.2 Å². The van der Waals surface area contributed by atoms with Crippen molar-refractivity contribution in [2.75, 3.05) is 27.2 Å². The Hall–Kier alpha value is -0.460. The van der Waals surface area contributed by atoms with Crippen LogP contribution >= 0.6 is 39.7 Å². The van der Waals surface area contributed by atoms with Crippen molar-refractivity contribution in [1.82, 2.24) is 14.8 Å². The monoisotopic (exact) mass is 376 g/mol. The van der Waals surface area contributed by atoms with Gasteiger partial charge in [0.25, 0.3) is 0 Å². The first-order chi connectivity index (χ1) is 9.09. The summed E-state index contributed by atoms with van der Waals surface area (Å²) in [6.07, 6.45) is 1.85. The molecule has 0 aliphatic rings. The summed E-state index contributed by atoms with van der Waals surface area (Å²) < 4.78 is 2.01. The number of aromatic nitrogens is 1. The Balaban J connectivity index is 0.00000200. The van der Waals surface area contributed by atoms with Gasteiger partial charge in [-0.1, -0.05) is 6.07 Å². The van der Waals surface area contributed by atoms with E-state index in [4.69, 9.17) is 0 Å². The number of halogens is 2. The van der Waals surface area contributed by atoms with Crippen LogP contribution in [0.25, 0.3) is 0 Å². The summed E-state index contributed by atoms with van der Waals surface area (Å²) in [6.45, 7) is 2.89. The molecular weight excluding hydrogens is 358 g/mol. The van der Waals surface area contributed by atoms with Crippen LogP contribution in [-0.2, 0) is 6.54 Å². The van der Waals surface area contributed by atoms with E-state index in [9.17, 15) is 0 Å². The summed E-state index contributed by atoms with van der Waals surface area (Å²) in [6, 6.07) is 8.23. The van der Waals surface area contributed by atoms with E-state index < -0.39 is 0 Å². The van der Waals surface area contributed by atoms with Crippen LogP contribution in [0.1, 0.15) is 5.56 Å². The predicted octanol–water partition coefficient (Wildman–Crippen LogP) is 3.68. The van der Waals surface area contributed by atoms with E-state index >= 15 is 0 Å². The number of nitrogens with one attached hydrogen (secondary N) is 1. The first kappa shape index (κ1) is 17.6. The topological polar surface area (TPSA) is 24.9 Å². The predicted molar refractivity (Wildman–Crippen MR) is 93.7 cm³/mol. The number of pyridine rings is 1. The number of hydrogen-bond acceptors (Lipinski definition) is 3. The molecule has 20 heavy (non-hydrogen) atoms. The maximum Gasteiger partial charge on any atom is 0.227 e. The highest BCUT2D eigenvalue weighted by Crippen LogP contribution is 2.23. The molecule has 110 valence electrons. The number of likely N-dealkylation sites (N-methyl/N-ethyl adjacent to an activating group) is 1. The molecule has 0 spiro atoms. The van der Waals surface area contributed by atoms with Crippen molar-refractivity contribution in [1.29, 1.82) is 0 Å². The van der Waals surface area contributed by atoms with E-state index in [2.05, 4.69) is 57.8 Å². The first-order valence-corrected chi connectivity index (χ1v) is 7.94. The Labute approximate surface area is 139 Å². The quantitative estimate of drug-likeness (QED) is 0.613. The smallest absolute Gasteiger partial charge is 0.227 e. The molecule has 3 nitrogen and oxygen atoms in total. The average molecular weight is 378 g/mol. The van der Waals surface area contributed by atoms with Gasteiger partial charge in [-0.3, -0.25) is 4.48 Å². The molecule has 0 aliphatic carbocycles. The highest BCUT2D eigenvalue weighted by molar-refractivity contribution is 9.11. The third-order valence-corrected chi connectivity index (χ3v) is 4.94. The Kier molecular flexibility index (Phi) is 7.12. The zero-order valence-corrected chi connectivity index (χ0v) is 14.9. The van der Waals surface area contributed by atoms with Crippen molar-refractivity contribution in [2.24, 2.45) is 0 Å². The van der Waals surface area contributed by atoms with Crippen molar-refractivity contribution < 1.29 is 0 Å². The summed E-state index contributed by atoms with van der Waals surface area (Å²) in [5.41, 5.74) is 1.33. The fourth-order valence-corrected chi connectivity index (χ4v) is 3.09. The van der Waals surface area contributed by atoms with E-state index in [1.807, 2.05) is 18.3 Å². The molecule has 0 fully saturated rings. The van der Waals surface area contributed by atoms with Crippen LogP contribution in [0.2, 0.25) is 0 Å². The third kappa shape index (κ3) is 4.82. The Morgan fingerprint density at radius 2 is 2.10 bits per heavy atom. The van der Waals surface area contributed by atoms with Crippen LogP contribution in [0, 0.1) is 0 Å². The molecule has 0 unspecified atom stereocenters. The first-order valence-electron chi connectivity index (χ1n) is 6.27. The van der Waals surface area contributed by atoms with E-state index in [0.29, 0.717) is 0 Å². The molecule has 0 aliphatic heterocycles. The second-order valence-corrected chi connectivity index (χ2v) is 7.23. The summed E-state index contributed by atoms with van der Waals surface area (Å²) in [5, 5.41) is 5.59. The zero-order chi connectivity index (χ0) is 13.7. The van der Waals surface area contributed by atoms with Gasteiger partial charge in [0.15, 0.2) is 0 Å². The Bertz CT molecular complexity index is 516. The van der Waals surface area contributed by atoms with Crippen molar-refractivity contribution in [3.63, 3.8) is 0 Å². The largest absolute Gasteiger partial charge is 0.307 e. The molecule has 2 aromatic heterocycles. The number of hydrogen-bond donors (Lipinski definition) is 1. The van der Waals surface area contributed by atoms with Crippen LogP contribution in [0.15, 0.2) is 39.6 Å². The van der Waals surface area contributed by atoms with Gasteiger partial charge in [-0.25, -0.2) is 4.98 Å². The molecule has 0 radical (unpaired) electrons. The normalized spacial score (nSPS) is 11.2. The van der Waals surface area contributed by atoms with Gasteiger partial charge < -0.3 is 5.32 Å². The molecule has 1 N–H and O–H groups in total. The second kappa shape index (κ2) is 8.10. The molecule has 6 heteroatoms. The lowest BCUT2D eigenvalue weighted by atomic mass is 10.3. The minimum absolute atomic E-state index is 0. The molecule has 0 amide bonds. The van der Waals surface area contributed by atoms with Gasteiger partial charge in [0.05, 0.1) is 24.4 Å². The van der Waals surface area contributed by atoms with Crippen LogP contribution in [0.5, 0.6) is 0 Å². The minimum Gasteiger partial charge on any atom is -0.307 e. The van der Waals surface area contributed by atoms with Crippen molar-refractivity contribution >= 4 is 45.5 Å². The fraction of sp³-hybridized carbons (Fsp3) is 0.357. The highest BCUT2D eigenvalue weighted by atomic mass is 79.9. The molecule has 0 saturated carbocycles. The Morgan fingerprint density at radius 1 is 1.30 bits per heavy atom. The molecule has 2 aromatic rings. The van der Waals surface area contributed by atoms with Crippen LogP contribution in [0.3, 0.4) is 0 Å². The van der Waals surface area contributed by atoms with Gasteiger partial charge in [-0.15, -0.1) is 23.7 Å². The average Bonchev–Trinajstić information content (AvgIpc) is 2.81. The van der Waals surface area contributed by atoms with E-state index in [1.165, 1.54) is 9.35 Å². The van der Waals surface area contributed by atoms with Crippen molar-refractivity contribution in [3.8, 4) is 0 Å². The van der Waals surface area contributed by atoms with Gasteiger partial charge in [0, 0.05) is 25.4 Å². The number of quaternary nitrogens is 1. The van der Waals surface area contributed by atoms with E-state index in [1.54, 1.807) is 11.3 Å². The van der Waals surface area contributed by atoms with Crippen molar-refractivity contribution in [3.05, 3.63) is 45.2 Å². The molecule has 2 heterocycles. The molecule has 0 bridgehead atoms. The number of rotatable bonds is 6. The van der Waals surface area contributed by atoms with Gasteiger partial charge in [0.1, 0.15) is 0 Å². The lowest BCUT2D eigenvalue weighted by Gasteiger charge is -2.27. The maximum atomic E-state index is 4.43. The van der Waals surface area contributed by atoms with Gasteiger partial charge in [-0.2, -0.15) is 0 Å². The van der Waals surface area contributed by atoms with Crippen molar-refractivity contribution in [2.45, 2.75) is 6.54 Å². The summed E-state index contributed by atoms with van der Waals surface area (Å²) in [5.74, 6) is 1.10. The molecular formula is C14H20BrClN3S+. The van der Waals surface area contributed by atoms with Gasteiger partial charge in [0.2, 0.25) is 5.82 Å². The summed E-state index contributed by atoms with van der Waals surface area (Å²) >= 11 is 5.29. The third-order valence-electron chi connectivity index (χ3n) is 3.13. The van der Waals surface area contributed by atoms with E-state index in [-0.39, 0.29) is 12.4 Å². The minimum atomic E-state index is 0.